The number of ether oxygens (including phenoxy) is 2. The minimum absolute atomic E-state index is 0.143. The average Bonchev–Trinajstić information content (AvgIpc) is 3.09. The molecule has 6 nitrogen and oxygen atoms in total. The predicted molar refractivity (Wildman–Crippen MR) is 122 cm³/mol. The van der Waals surface area contributed by atoms with E-state index in [1.807, 2.05) is 0 Å². The molecule has 168 valence electrons. The summed E-state index contributed by atoms with van der Waals surface area (Å²) >= 11 is 6.11. The molecule has 1 N–H and O–H groups in total. The van der Waals surface area contributed by atoms with E-state index >= 15 is 0 Å². The first-order chi connectivity index (χ1) is 15.8. The van der Waals surface area contributed by atoms with Gasteiger partial charge in [-0.15, -0.1) is 0 Å². The molecule has 1 saturated heterocycles. The molecular weight excluding hydrogens is 449 g/mol. The molecule has 0 aliphatic carbocycles. The quantitative estimate of drug-likeness (QED) is 0.320. The van der Waals surface area contributed by atoms with Crippen LogP contribution >= 0.6 is 11.6 Å². The zero-order chi connectivity index (χ0) is 23.7. The van der Waals surface area contributed by atoms with Crippen molar-refractivity contribution in [2.24, 2.45) is 0 Å². The molecule has 0 aromatic heterocycles. The molecule has 1 aliphatic heterocycles. The fourth-order valence-electron chi connectivity index (χ4n) is 3.81. The van der Waals surface area contributed by atoms with Crippen molar-refractivity contribution in [3.05, 3.63) is 94.3 Å². The Bertz CT molecular complexity index is 1250. The van der Waals surface area contributed by atoms with E-state index in [1.165, 1.54) is 49.5 Å². The summed E-state index contributed by atoms with van der Waals surface area (Å²) < 4.78 is 24.1. The van der Waals surface area contributed by atoms with Gasteiger partial charge in [-0.3, -0.25) is 14.5 Å². The highest BCUT2D eigenvalue weighted by molar-refractivity contribution is 6.51. The van der Waals surface area contributed by atoms with Crippen molar-refractivity contribution in [1.29, 1.82) is 0 Å². The zero-order valence-corrected chi connectivity index (χ0v) is 18.5. The molecule has 0 radical (unpaired) electrons. The van der Waals surface area contributed by atoms with E-state index in [4.69, 9.17) is 21.1 Å². The van der Waals surface area contributed by atoms with Crippen LogP contribution in [0.5, 0.6) is 11.5 Å². The van der Waals surface area contributed by atoms with Crippen LogP contribution in [0, 0.1) is 5.82 Å². The van der Waals surface area contributed by atoms with Gasteiger partial charge in [-0.05, 0) is 60.2 Å². The Labute approximate surface area is 194 Å². The van der Waals surface area contributed by atoms with Gasteiger partial charge >= 0.3 is 0 Å². The number of hydrogen-bond acceptors (Lipinski definition) is 5. The number of carbonyl (C=O) groups is 2. The molecule has 1 aliphatic rings. The fraction of sp³-hybridized carbons (Fsp3) is 0.120. The van der Waals surface area contributed by atoms with Crippen LogP contribution in [0.25, 0.3) is 5.76 Å². The lowest BCUT2D eigenvalue weighted by molar-refractivity contribution is -0.132. The number of carbonyl (C=O) groups excluding carboxylic acids is 2. The van der Waals surface area contributed by atoms with E-state index in [9.17, 15) is 19.1 Å². The van der Waals surface area contributed by atoms with Crippen molar-refractivity contribution in [3.63, 3.8) is 0 Å². The van der Waals surface area contributed by atoms with Gasteiger partial charge < -0.3 is 14.6 Å². The molecule has 1 unspecified atom stereocenters. The normalized spacial score (nSPS) is 17.3. The number of amides is 1. The van der Waals surface area contributed by atoms with Crippen LogP contribution in [0.2, 0.25) is 5.02 Å². The van der Waals surface area contributed by atoms with Gasteiger partial charge in [-0.1, -0.05) is 23.7 Å². The third-order valence-corrected chi connectivity index (χ3v) is 5.63. The highest BCUT2D eigenvalue weighted by Gasteiger charge is 2.47. The molecule has 0 bridgehead atoms. The monoisotopic (exact) mass is 467 g/mol. The van der Waals surface area contributed by atoms with Crippen LogP contribution in [-0.4, -0.2) is 31.0 Å². The molecule has 0 spiro atoms. The Morgan fingerprint density at radius 3 is 2.24 bits per heavy atom. The van der Waals surface area contributed by atoms with Crippen molar-refractivity contribution in [3.8, 4) is 11.5 Å². The lowest BCUT2D eigenvalue weighted by Gasteiger charge is -2.25. The summed E-state index contributed by atoms with van der Waals surface area (Å²) in [6, 6.07) is 15.5. The van der Waals surface area contributed by atoms with Gasteiger partial charge in [0.05, 0.1) is 31.4 Å². The topological polar surface area (TPSA) is 76.1 Å². The second-order valence-corrected chi connectivity index (χ2v) is 7.70. The van der Waals surface area contributed by atoms with E-state index < -0.39 is 29.3 Å². The Kier molecular flexibility index (Phi) is 6.07. The Balaban J connectivity index is 1.97. The van der Waals surface area contributed by atoms with Crippen LogP contribution in [0.3, 0.4) is 0 Å². The highest BCUT2D eigenvalue weighted by Crippen LogP contribution is 2.43. The van der Waals surface area contributed by atoms with Gasteiger partial charge in [0.2, 0.25) is 0 Å². The van der Waals surface area contributed by atoms with Crippen molar-refractivity contribution in [1.82, 2.24) is 0 Å². The van der Waals surface area contributed by atoms with Gasteiger partial charge in [-0.25, -0.2) is 4.39 Å². The molecule has 0 saturated carbocycles. The van der Waals surface area contributed by atoms with Gasteiger partial charge in [0.15, 0.2) is 0 Å². The zero-order valence-electron chi connectivity index (χ0n) is 17.7. The van der Waals surface area contributed by atoms with Gasteiger partial charge in [0, 0.05) is 10.7 Å². The number of rotatable bonds is 5. The van der Waals surface area contributed by atoms with Crippen LogP contribution in [0.15, 0.2) is 72.3 Å². The molecule has 1 amide bonds. The molecule has 1 heterocycles. The maximum atomic E-state index is 13.5. The number of hydrogen-bond donors (Lipinski definition) is 1. The summed E-state index contributed by atoms with van der Waals surface area (Å²) in [5, 5.41) is 11.6. The fourth-order valence-corrected chi connectivity index (χ4v) is 3.98. The number of benzene rings is 3. The van der Waals surface area contributed by atoms with Crippen LogP contribution < -0.4 is 14.4 Å². The molecule has 4 rings (SSSR count). The second kappa shape index (κ2) is 8.96. The maximum absolute atomic E-state index is 13.5. The van der Waals surface area contributed by atoms with Crippen LogP contribution in [0.4, 0.5) is 10.1 Å². The molecule has 1 fully saturated rings. The van der Waals surface area contributed by atoms with Gasteiger partial charge in [0.25, 0.3) is 11.7 Å². The predicted octanol–water partition coefficient (Wildman–Crippen LogP) is 5.12. The summed E-state index contributed by atoms with van der Waals surface area (Å²) in [6.07, 6.45) is 0. The first-order valence-corrected chi connectivity index (χ1v) is 10.3. The van der Waals surface area contributed by atoms with Gasteiger partial charge in [-0.2, -0.15) is 0 Å². The number of halogens is 2. The third kappa shape index (κ3) is 4.03. The first kappa shape index (κ1) is 22.4. The number of aliphatic hydroxyl groups is 1. The smallest absolute Gasteiger partial charge is 0.300 e. The minimum atomic E-state index is -0.981. The van der Waals surface area contributed by atoms with E-state index in [2.05, 4.69) is 0 Å². The summed E-state index contributed by atoms with van der Waals surface area (Å²) in [5.41, 5.74) is 0.869. The number of nitrogens with zero attached hydrogens (tertiary/aromatic N) is 1. The minimum Gasteiger partial charge on any atom is -0.507 e. The molecule has 8 heteroatoms. The van der Waals surface area contributed by atoms with E-state index in [0.717, 1.165) is 0 Å². The molecule has 1 atom stereocenters. The third-order valence-electron chi connectivity index (χ3n) is 5.40. The molecule has 3 aromatic rings. The van der Waals surface area contributed by atoms with Crippen LogP contribution in [-0.2, 0) is 9.59 Å². The molecular formula is C25H19ClFNO5. The van der Waals surface area contributed by atoms with E-state index in [1.54, 1.807) is 36.4 Å². The van der Waals surface area contributed by atoms with E-state index in [0.29, 0.717) is 22.0 Å². The largest absolute Gasteiger partial charge is 0.507 e. The van der Waals surface area contributed by atoms with Crippen molar-refractivity contribution in [2.45, 2.75) is 6.04 Å². The standard InChI is InChI=1S/C25H19ClFNO5/c1-32-18-10-3-14(4-11-18)22-21(23(29)19-13-15(26)5-12-20(19)33-2)24(30)25(31)28(22)17-8-6-16(27)7-9-17/h3-13,22,29H,1-2H3/b23-21+. The summed E-state index contributed by atoms with van der Waals surface area (Å²) in [5.74, 6) is -1.81. The lowest BCUT2D eigenvalue weighted by Crippen LogP contribution is -2.29. The number of ketones is 1. The molecule has 33 heavy (non-hydrogen) atoms. The number of methoxy groups -OCH3 is 2. The molecule has 3 aromatic carbocycles. The highest BCUT2D eigenvalue weighted by atomic mass is 35.5. The summed E-state index contributed by atoms with van der Waals surface area (Å²) in [6.45, 7) is 0. The van der Waals surface area contributed by atoms with Crippen molar-refractivity contribution in [2.75, 3.05) is 19.1 Å². The Morgan fingerprint density at radius 1 is 0.970 bits per heavy atom. The average molecular weight is 468 g/mol. The maximum Gasteiger partial charge on any atom is 0.300 e. The number of aliphatic hydroxyl groups excluding tert-OH is 1. The Morgan fingerprint density at radius 2 is 1.64 bits per heavy atom. The van der Waals surface area contributed by atoms with Gasteiger partial charge in [0.1, 0.15) is 23.1 Å². The first-order valence-electron chi connectivity index (χ1n) is 9.90. The Hall–Kier alpha value is -3.84. The summed E-state index contributed by atoms with van der Waals surface area (Å²) in [7, 11) is 2.93. The summed E-state index contributed by atoms with van der Waals surface area (Å²) in [4.78, 5) is 27.5. The SMILES string of the molecule is COc1ccc(C2/C(=C(\O)c3cc(Cl)ccc3OC)C(=O)C(=O)N2c2ccc(F)cc2)cc1. The number of Topliss-reactive ketones (excluding diaryl/α,β-unsaturated/α-hetero) is 1. The van der Waals surface area contributed by atoms with Crippen LogP contribution in [0.1, 0.15) is 17.2 Å². The van der Waals surface area contributed by atoms with Crippen molar-refractivity contribution < 1.29 is 28.6 Å². The van der Waals surface area contributed by atoms with E-state index in [-0.39, 0.29) is 16.9 Å². The lowest BCUT2D eigenvalue weighted by atomic mass is 9.94. The second-order valence-electron chi connectivity index (χ2n) is 7.26. The van der Waals surface area contributed by atoms with Crippen molar-refractivity contribution >= 4 is 34.7 Å². The number of anilines is 1.